The van der Waals surface area contributed by atoms with Crippen molar-refractivity contribution >= 4 is 11.8 Å². The van der Waals surface area contributed by atoms with Crippen molar-refractivity contribution in [2.24, 2.45) is 10.8 Å². The molecule has 1 aromatic rings. The van der Waals surface area contributed by atoms with Crippen LogP contribution in [0.15, 0.2) is 66.3 Å². The summed E-state index contributed by atoms with van der Waals surface area (Å²) < 4.78 is 0. The number of thioether (sulfide) groups is 1. The van der Waals surface area contributed by atoms with E-state index in [0.29, 0.717) is 10.8 Å². The van der Waals surface area contributed by atoms with Crippen LogP contribution in [0.4, 0.5) is 0 Å². The van der Waals surface area contributed by atoms with Crippen LogP contribution in [0, 0.1) is 10.8 Å². The average Bonchev–Trinajstić information content (AvgIpc) is 2.79. The highest BCUT2D eigenvalue weighted by atomic mass is 32.2. The maximum atomic E-state index is 2.45. The number of rotatable bonds is 18. The number of hydrogen-bond donors (Lipinski definition) is 0. The summed E-state index contributed by atoms with van der Waals surface area (Å²) in [5.41, 5.74) is 3.89. The Morgan fingerprint density at radius 2 is 1.36 bits per heavy atom. The van der Waals surface area contributed by atoms with Crippen LogP contribution < -0.4 is 0 Å². The van der Waals surface area contributed by atoms with E-state index < -0.39 is 0 Å². The second-order valence-corrected chi connectivity index (χ2v) is 12.5. The molecule has 1 heteroatoms. The van der Waals surface area contributed by atoms with Crippen LogP contribution >= 0.6 is 11.8 Å². The summed E-state index contributed by atoms with van der Waals surface area (Å²) in [6.45, 7) is 14.1. The average molecular weight is 469 g/mol. The first-order valence-electron chi connectivity index (χ1n) is 13.3. The molecule has 0 nitrogen and oxygen atoms in total. The maximum absolute atomic E-state index is 2.45. The number of allylic oxidation sites excluding steroid dienone is 6. The zero-order valence-electron chi connectivity index (χ0n) is 22.7. The van der Waals surface area contributed by atoms with Crippen LogP contribution in [0.2, 0.25) is 0 Å². The molecule has 0 fully saturated rings. The molecule has 0 saturated carbocycles. The molecule has 0 N–H and O–H groups in total. The van der Waals surface area contributed by atoms with Crippen molar-refractivity contribution in [3.8, 4) is 0 Å². The van der Waals surface area contributed by atoms with Crippen molar-refractivity contribution < 1.29 is 0 Å². The predicted molar refractivity (Wildman–Crippen MR) is 154 cm³/mol. The van der Waals surface area contributed by atoms with Crippen LogP contribution in [0.1, 0.15) is 105 Å². The van der Waals surface area contributed by atoms with Crippen molar-refractivity contribution in [1.82, 2.24) is 0 Å². The minimum absolute atomic E-state index is 0.456. The zero-order valence-corrected chi connectivity index (χ0v) is 23.5. The number of hydrogen-bond acceptors (Lipinski definition) is 1. The molecule has 33 heavy (non-hydrogen) atoms. The van der Waals surface area contributed by atoms with Gasteiger partial charge in [0.2, 0.25) is 0 Å². The van der Waals surface area contributed by atoms with Gasteiger partial charge in [0, 0.05) is 0 Å². The van der Waals surface area contributed by atoms with Gasteiger partial charge >= 0.3 is 0 Å². The summed E-state index contributed by atoms with van der Waals surface area (Å²) in [7, 11) is 0. The largest absolute Gasteiger partial charge is 0.162 e. The van der Waals surface area contributed by atoms with E-state index in [1.165, 1.54) is 86.9 Å². The van der Waals surface area contributed by atoms with Gasteiger partial charge in [0.15, 0.2) is 0 Å². The van der Waals surface area contributed by atoms with Gasteiger partial charge in [-0.15, -0.1) is 0 Å². The Morgan fingerprint density at radius 3 is 1.97 bits per heavy atom. The van der Waals surface area contributed by atoms with Gasteiger partial charge in [-0.2, -0.15) is 11.8 Å². The summed E-state index contributed by atoms with van der Waals surface area (Å²) in [4.78, 5) is 0. The fraction of sp³-hybridized carbons (Fsp3) is 0.625. The molecule has 1 aromatic carbocycles. The number of aryl methyl sites for hydroxylation is 1. The molecule has 186 valence electrons. The molecule has 0 aliphatic rings. The SMILES string of the molecule is C\C=C/C=C\C=C(/C)CCC(C)(C)CCCCSCCCCC(C)(C)CCc1ccccc1. The summed E-state index contributed by atoms with van der Waals surface area (Å²) >= 11 is 2.17. The molecule has 0 bridgehead atoms. The minimum Gasteiger partial charge on any atom is -0.162 e. The molecule has 0 unspecified atom stereocenters. The monoisotopic (exact) mass is 468 g/mol. The molecule has 0 spiro atoms. The fourth-order valence-electron chi connectivity index (χ4n) is 4.11. The van der Waals surface area contributed by atoms with E-state index in [1.807, 2.05) is 0 Å². The fourth-order valence-corrected chi connectivity index (χ4v) is 5.13. The zero-order chi connectivity index (χ0) is 24.4. The first-order valence-corrected chi connectivity index (χ1v) is 14.5. The quantitative estimate of drug-likeness (QED) is 0.152. The molecule has 1 rings (SSSR count). The van der Waals surface area contributed by atoms with Crippen LogP contribution in [0.3, 0.4) is 0 Å². The second kappa shape index (κ2) is 17.3. The van der Waals surface area contributed by atoms with E-state index in [-0.39, 0.29) is 0 Å². The topological polar surface area (TPSA) is 0 Å². The Labute approximate surface area is 211 Å². The minimum atomic E-state index is 0.456. The van der Waals surface area contributed by atoms with E-state index >= 15 is 0 Å². The smallest absolute Gasteiger partial charge is 0.00675 e. The van der Waals surface area contributed by atoms with E-state index in [0.717, 1.165) is 0 Å². The Hall–Kier alpha value is -1.21. The van der Waals surface area contributed by atoms with Crippen LogP contribution in [-0.2, 0) is 6.42 Å². The third-order valence-corrected chi connectivity index (χ3v) is 7.86. The predicted octanol–water partition coefficient (Wildman–Crippen LogP) is 10.6. The van der Waals surface area contributed by atoms with Gasteiger partial charge in [0.25, 0.3) is 0 Å². The molecular weight excluding hydrogens is 416 g/mol. The van der Waals surface area contributed by atoms with Crippen LogP contribution in [-0.4, -0.2) is 11.5 Å². The van der Waals surface area contributed by atoms with Crippen molar-refractivity contribution in [2.75, 3.05) is 11.5 Å². The van der Waals surface area contributed by atoms with E-state index in [2.05, 4.69) is 114 Å². The Kier molecular flexibility index (Phi) is 15.6. The molecule has 0 amide bonds. The molecular formula is C32H52S. The normalized spacial score (nSPS) is 13.5. The molecule has 0 heterocycles. The lowest BCUT2D eigenvalue weighted by Gasteiger charge is -2.25. The lowest BCUT2D eigenvalue weighted by molar-refractivity contribution is 0.298. The number of benzene rings is 1. The highest BCUT2D eigenvalue weighted by Gasteiger charge is 2.18. The first kappa shape index (κ1) is 29.8. The Balaban J connectivity index is 2.04. The van der Waals surface area contributed by atoms with E-state index in [9.17, 15) is 0 Å². The Bertz CT molecular complexity index is 690. The molecule has 0 radical (unpaired) electrons. The lowest BCUT2D eigenvalue weighted by atomic mass is 9.82. The van der Waals surface area contributed by atoms with Gasteiger partial charge in [-0.05, 0) is 93.1 Å². The van der Waals surface area contributed by atoms with Crippen LogP contribution in [0.5, 0.6) is 0 Å². The van der Waals surface area contributed by atoms with Crippen molar-refractivity contribution in [2.45, 2.75) is 106 Å². The molecule has 0 aliphatic heterocycles. The molecule has 0 aromatic heterocycles. The molecule has 0 aliphatic carbocycles. The van der Waals surface area contributed by atoms with Crippen LogP contribution in [0.25, 0.3) is 0 Å². The standard InChI is InChI=1S/C32H52S/c1-7-8-9-11-18-29(2)21-25-31(3,4)23-14-16-27-33-28-17-15-24-32(5,6)26-22-30-19-12-10-13-20-30/h7-13,18-20H,14-17,21-28H2,1-6H3/b8-7-,11-9-,29-18+. The third-order valence-electron chi connectivity index (χ3n) is 6.71. The van der Waals surface area contributed by atoms with Gasteiger partial charge in [-0.3, -0.25) is 0 Å². The van der Waals surface area contributed by atoms with Gasteiger partial charge < -0.3 is 0 Å². The van der Waals surface area contributed by atoms with E-state index in [4.69, 9.17) is 0 Å². The maximum Gasteiger partial charge on any atom is -0.00675 e. The molecule has 0 saturated heterocycles. The van der Waals surface area contributed by atoms with E-state index in [1.54, 1.807) is 0 Å². The number of unbranched alkanes of at least 4 members (excludes halogenated alkanes) is 2. The van der Waals surface area contributed by atoms with Crippen molar-refractivity contribution in [1.29, 1.82) is 0 Å². The van der Waals surface area contributed by atoms with Gasteiger partial charge in [0.05, 0.1) is 0 Å². The highest BCUT2D eigenvalue weighted by Crippen LogP contribution is 2.31. The lowest BCUT2D eigenvalue weighted by Crippen LogP contribution is -2.12. The summed E-state index contributed by atoms with van der Waals surface area (Å²) in [6.07, 6.45) is 23.9. The van der Waals surface area contributed by atoms with Crippen molar-refractivity contribution in [3.63, 3.8) is 0 Å². The first-order chi connectivity index (χ1) is 15.7. The highest BCUT2D eigenvalue weighted by molar-refractivity contribution is 7.99. The second-order valence-electron chi connectivity index (χ2n) is 11.3. The summed E-state index contributed by atoms with van der Waals surface area (Å²) in [5.74, 6) is 2.67. The summed E-state index contributed by atoms with van der Waals surface area (Å²) in [6, 6.07) is 10.9. The van der Waals surface area contributed by atoms with Gasteiger partial charge in [-0.25, -0.2) is 0 Å². The molecule has 0 atom stereocenters. The third kappa shape index (κ3) is 17.0. The summed E-state index contributed by atoms with van der Waals surface area (Å²) in [5, 5.41) is 0. The van der Waals surface area contributed by atoms with Gasteiger partial charge in [0.1, 0.15) is 0 Å². The van der Waals surface area contributed by atoms with Crippen molar-refractivity contribution in [3.05, 3.63) is 71.8 Å². The Morgan fingerprint density at radius 1 is 0.758 bits per heavy atom. The van der Waals surface area contributed by atoms with Gasteiger partial charge in [-0.1, -0.05) is 107 Å².